The molecule has 6 aromatic carbocycles. The maximum Gasteiger partial charge on any atom is 0.333 e. The number of carboxylic acid groups (broad SMARTS) is 1. The highest BCUT2D eigenvalue weighted by molar-refractivity contribution is 5.89. The summed E-state index contributed by atoms with van der Waals surface area (Å²) >= 11 is 0. The van der Waals surface area contributed by atoms with Gasteiger partial charge >= 0.3 is 5.97 Å². The molecule has 0 amide bonds. The van der Waals surface area contributed by atoms with E-state index >= 15 is 0 Å². The highest BCUT2D eigenvalue weighted by Crippen LogP contribution is 2.39. The molecule has 0 aliphatic rings. The van der Waals surface area contributed by atoms with Crippen LogP contribution in [0.15, 0.2) is 176 Å². The second-order valence-corrected chi connectivity index (χ2v) is 15.3. The summed E-state index contributed by atoms with van der Waals surface area (Å²) in [5.74, 6) is -1.26. The molecule has 0 fully saturated rings. The van der Waals surface area contributed by atoms with E-state index in [1.807, 2.05) is 62.5 Å². The molecule has 9 heteroatoms. The Hall–Kier alpha value is -7.70. The van der Waals surface area contributed by atoms with Crippen molar-refractivity contribution in [3.05, 3.63) is 198 Å². The lowest BCUT2D eigenvalue weighted by molar-refractivity contribution is -0.132. The predicted octanol–water partition coefficient (Wildman–Crippen LogP) is 11.8. The van der Waals surface area contributed by atoms with Crippen LogP contribution in [0.3, 0.4) is 0 Å². The van der Waals surface area contributed by atoms with Crippen LogP contribution < -0.4 is 29.4 Å². The Balaban J connectivity index is 1.42. The quantitative estimate of drug-likeness (QED) is 0.0625. The van der Waals surface area contributed by atoms with Gasteiger partial charge in [-0.15, -0.1) is 0 Å². The van der Waals surface area contributed by atoms with Gasteiger partial charge in [-0.2, -0.15) is 0 Å². The lowest BCUT2D eigenvalue weighted by atomic mass is 9.96. The van der Waals surface area contributed by atoms with E-state index in [1.165, 1.54) is 6.08 Å². The molecule has 0 radical (unpaired) electrons. The summed E-state index contributed by atoms with van der Waals surface area (Å²) in [7, 11) is 16.3. The maximum atomic E-state index is 11.5. The Morgan fingerprint density at radius 1 is 0.410 bits per heavy atom. The number of carboxylic acids is 1. The Labute approximate surface area is 361 Å². The Bertz CT molecular complexity index is 2270. The van der Waals surface area contributed by atoms with E-state index in [0.29, 0.717) is 0 Å². The van der Waals surface area contributed by atoms with Gasteiger partial charge in [0, 0.05) is 113 Å². The number of carbonyl (C=O) groups is 1. The summed E-state index contributed by atoms with van der Waals surface area (Å²) in [5, 5.41) is 9.41. The van der Waals surface area contributed by atoms with Gasteiger partial charge in [-0.05, 0) is 144 Å². The molecule has 0 atom stereocenters. The number of rotatable bonds is 15. The fourth-order valence-electron chi connectivity index (χ4n) is 6.89. The number of aliphatic carboxylic acids is 1. The van der Waals surface area contributed by atoms with Gasteiger partial charge in [0.05, 0.1) is 6.57 Å². The first-order chi connectivity index (χ1) is 29.3. The van der Waals surface area contributed by atoms with E-state index in [2.05, 4.69) is 180 Å². The van der Waals surface area contributed by atoms with E-state index in [4.69, 9.17) is 6.57 Å². The minimum absolute atomic E-state index is 0.352. The first-order valence-corrected chi connectivity index (χ1v) is 19.9. The molecule has 0 unspecified atom stereocenters. The van der Waals surface area contributed by atoms with Crippen molar-refractivity contribution in [2.75, 3.05) is 85.8 Å². The molecule has 0 bridgehead atoms. The molecular weight excluding hydrogens is 755 g/mol. The van der Waals surface area contributed by atoms with Gasteiger partial charge in [0.2, 0.25) is 0 Å². The molecule has 6 rings (SSSR count). The van der Waals surface area contributed by atoms with Crippen LogP contribution in [-0.2, 0) is 4.79 Å². The Kier molecular flexibility index (Phi) is 13.6. The maximum absolute atomic E-state index is 11.5. The first-order valence-electron chi connectivity index (χ1n) is 19.9. The number of hydrogen-bond acceptors (Lipinski definition) is 7. The topological polar surface area (TPSA) is 61.1 Å². The molecule has 0 aromatic heterocycles. The van der Waals surface area contributed by atoms with E-state index < -0.39 is 5.97 Å². The van der Waals surface area contributed by atoms with Crippen molar-refractivity contribution in [2.45, 2.75) is 0 Å². The fourth-order valence-corrected chi connectivity index (χ4v) is 6.89. The minimum Gasteiger partial charge on any atom is -0.486 e. The molecule has 1 N–H and O–H groups in total. The Morgan fingerprint density at radius 2 is 0.639 bits per heavy atom. The van der Waals surface area contributed by atoms with Gasteiger partial charge in [0.1, 0.15) is 0 Å². The molecule has 308 valence electrons. The molecule has 61 heavy (non-hydrogen) atoms. The van der Waals surface area contributed by atoms with Crippen LogP contribution in [0.2, 0.25) is 0 Å². The summed E-state index contributed by atoms with van der Waals surface area (Å²) < 4.78 is 0. The summed E-state index contributed by atoms with van der Waals surface area (Å²) in [4.78, 5) is 27.5. The van der Waals surface area contributed by atoms with Gasteiger partial charge in [-0.3, -0.25) is 4.79 Å². The van der Waals surface area contributed by atoms with Crippen molar-refractivity contribution in [1.29, 1.82) is 0 Å². The van der Waals surface area contributed by atoms with E-state index in [-0.39, 0.29) is 5.70 Å². The third-order valence-electron chi connectivity index (χ3n) is 10.3. The summed E-state index contributed by atoms with van der Waals surface area (Å²) in [6.07, 6.45) is 6.65. The third-order valence-corrected chi connectivity index (χ3v) is 10.3. The number of nitrogens with zero attached hydrogens (tertiary/aromatic N) is 7. The van der Waals surface area contributed by atoms with Gasteiger partial charge in [0.25, 0.3) is 5.70 Å². The van der Waals surface area contributed by atoms with Gasteiger partial charge in [-0.1, -0.05) is 42.5 Å². The molecular formula is C52H53N7O2. The van der Waals surface area contributed by atoms with Gasteiger partial charge < -0.3 is 34.5 Å². The SMILES string of the molecule is [C-]#[N+]/C(=C\C=C\C=C(c1ccc(N(c2ccc(N(C)C)cc2)c2ccc(N(C)C)cc2)cc1)c1ccc(N(c2ccc(N(C)C)cc2)c2ccc(N(C)C)cc2)cc1)C(=O)O. The average Bonchev–Trinajstić information content (AvgIpc) is 3.26. The van der Waals surface area contributed by atoms with Crippen LogP contribution in [0.5, 0.6) is 0 Å². The van der Waals surface area contributed by atoms with Crippen LogP contribution in [0.25, 0.3) is 10.4 Å². The summed E-state index contributed by atoms with van der Waals surface area (Å²) in [6, 6.07) is 51.0. The second-order valence-electron chi connectivity index (χ2n) is 15.3. The number of anilines is 10. The fraction of sp³-hybridized carbons (Fsp3) is 0.154. The first kappa shape index (κ1) is 42.9. The Morgan fingerprint density at radius 3 is 0.869 bits per heavy atom. The standard InChI is InChI=1S/C52H53N7O2/c1-53-51(52(60)61)13-11-10-12-50(38-14-18-44(19-15-38)58(46-30-22-40(23-31-46)54(2)3)47-32-24-41(25-33-47)55(4)5)39-16-20-45(21-17-39)59(48-34-26-42(27-35-48)56(6)7)49-36-28-43(29-37-49)57(8)9/h10-37H,2-9H3,(H,60,61)/b11-10+,51-13-. The molecule has 0 heterocycles. The summed E-state index contributed by atoms with van der Waals surface area (Å²) in [6.45, 7) is 7.26. The zero-order valence-electron chi connectivity index (χ0n) is 36.2. The normalized spacial score (nSPS) is 11.1. The number of hydrogen-bond donors (Lipinski definition) is 1. The van der Waals surface area contributed by atoms with Crippen LogP contribution >= 0.6 is 0 Å². The summed E-state index contributed by atoms with van der Waals surface area (Å²) in [5.41, 5.74) is 13.1. The van der Waals surface area contributed by atoms with Crippen LogP contribution in [0.1, 0.15) is 11.1 Å². The van der Waals surface area contributed by atoms with Crippen molar-refractivity contribution in [3.8, 4) is 0 Å². The molecule has 0 saturated heterocycles. The second kappa shape index (κ2) is 19.4. The average molecular weight is 808 g/mol. The molecule has 9 nitrogen and oxygen atoms in total. The zero-order valence-corrected chi connectivity index (χ0v) is 36.2. The van der Waals surface area contributed by atoms with Crippen molar-refractivity contribution >= 4 is 68.4 Å². The number of allylic oxidation sites excluding steroid dienone is 4. The van der Waals surface area contributed by atoms with Crippen molar-refractivity contribution in [3.63, 3.8) is 0 Å². The van der Waals surface area contributed by atoms with Crippen molar-refractivity contribution in [2.24, 2.45) is 0 Å². The highest BCUT2D eigenvalue weighted by atomic mass is 16.4. The zero-order chi connectivity index (χ0) is 43.6. The predicted molar refractivity (Wildman–Crippen MR) is 258 cm³/mol. The van der Waals surface area contributed by atoms with E-state index in [9.17, 15) is 9.90 Å². The van der Waals surface area contributed by atoms with Crippen LogP contribution in [0.4, 0.5) is 56.9 Å². The smallest absolute Gasteiger partial charge is 0.333 e. The van der Waals surface area contributed by atoms with Gasteiger partial charge in [0.15, 0.2) is 0 Å². The minimum atomic E-state index is -1.26. The highest BCUT2D eigenvalue weighted by Gasteiger charge is 2.17. The van der Waals surface area contributed by atoms with E-state index in [0.717, 1.165) is 73.6 Å². The third kappa shape index (κ3) is 10.3. The van der Waals surface area contributed by atoms with Crippen molar-refractivity contribution in [1.82, 2.24) is 0 Å². The van der Waals surface area contributed by atoms with Crippen molar-refractivity contribution < 1.29 is 9.90 Å². The molecule has 6 aromatic rings. The van der Waals surface area contributed by atoms with Crippen LogP contribution in [0, 0.1) is 6.57 Å². The lowest BCUT2D eigenvalue weighted by Gasteiger charge is -2.27. The lowest BCUT2D eigenvalue weighted by Crippen LogP contribution is -2.13. The largest absolute Gasteiger partial charge is 0.486 e. The molecule has 0 saturated carbocycles. The van der Waals surface area contributed by atoms with E-state index in [1.54, 1.807) is 12.2 Å². The molecule has 0 aliphatic carbocycles. The molecule has 0 aliphatic heterocycles. The number of benzene rings is 6. The molecule has 0 spiro atoms. The monoisotopic (exact) mass is 807 g/mol. The van der Waals surface area contributed by atoms with Crippen LogP contribution in [-0.4, -0.2) is 67.5 Å². The van der Waals surface area contributed by atoms with Gasteiger partial charge in [-0.25, -0.2) is 4.85 Å².